The largest absolute Gasteiger partial charge is 0.345 e. The van der Waals surface area contributed by atoms with Crippen molar-refractivity contribution in [1.82, 2.24) is 0 Å². The summed E-state index contributed by atoms with van der Waals surface area (Å²) >= 11 is 4.48. The Morgan fingerprint density at radius 3 is 1.80 bits per heavy atom. The van der Waals surface area contributed by atoms with Gasteiger partial charge in [-0.2, -0.15) is 0 Å². The van der Waals surface area contributed by atoms with Gasteiger partial charge in [0.05, 0.1) is 0 Å². The second-order valence-electron chi connectivity index (χ2n) is 3.70. The minimum atomic E-state index is -2.93. The molecule has 0 saturated heterocycles. The van der Waals surface area contributed by atoms with E-state index in [2.05, 4.69) is 32.6 Å². The number of rotatable bonds is 2. The van der Waals surface area contributed by atoms with Crippen LogP contribution in [0.25, 0.3) is 0 Å². The first kappa shape index (κ1) is 10.6. The van der Waals surface area contributed by atoms with Crippen LogP contribution in [0.4, 0.5) is 0 Å². The highest BCUT2D eigenvalue weighted by molar-refractivity contribution is 8.09. The third kappa shape index (κ3) is 8.57. The van der Waals surface area contributed by atoms with Crippen molar-refractivity contribution in [2.75, 3.05) is 6.16 Å². The molecule has 0 atom stereocenters. The van der Waals surface area contributed by atoms with Gasteiger partial charge in [-0.05, 0) is 23.6 Å². The van der Waals surface area contributed by atoms with Crippen molar-refractivity contribution in [2.45, 2.75) is 27.2 Å². The van der Waals surface area contributed by atoms with Crippen LogP contribution >= 0.6 is 6.49 Å². The fourth-order valence-electron chi connectivity index (χ4n) is 0.481. The Kier molecular flexibility index (Phi) is 3.50. The van der Waals surface area contributed by atoms with Crippen LogP contribution in [0.2, 0.25) is 0 Å². The van der Waals surface area contributed by atoms with E-state index in [0.717, 1.165) is 6.42 Å². The van der Waals surface area contributed by atoms with E-state index in [1.807, 2.05) is 0 Å². The van der Waals surface area contributed by atoms with Gasteiger partial charge in [0, 0.05) is 6.16 Å². The summed E-state index contributed by atoms with van der Waals surface area (Å²) in [5, 5.41) is 0. The van der Waals surface area contributed by atoms with E-state index >= 15 is 0 Å². The van der Waals surface area contributed by atoms with E-state index in [-0.39, 0.29) is 5.41 Å². The normalized spacial score (nSPS) is 13.7. The molecule has 0 fully saturated rings. The lowest BCUT2D eigenvalue weighted by atomic mass is 9.94. The van der Waals surface area contributed by atoms with E-state index in [9.17, 15) is 0 Å². The lowest BCUT2D eigenvalue weighted by Gasteiger charge is -2.19. The fourth-order valence-corrected chi connectivity index (χ4v) is 1.72. The molecule has 0 aliphatic heterocycles. The van der Waals surface area contributed by atoms with Crippen LogP contribution in [0.15, 0.2) is 0 Å². The van der Waals surface area contributed by atoms with Gasteiger partial charge in [-0.25, -0.2) is 0 Å². The van der Waals surface area contributed by atoms with Crippen molar-refractivity contribution in [3.05, 3.63) is 0 Å². The summed E-state index contributed by atoms with van der Waals surface area (Å²) in [6.45, 7) is 3.23. The molecule has 0 aromatic carbocycles. The van der Waals surface area contributed by atoms with Crippen molar-refractivity contribution >= 4 is 18.3 Å². The Balaban J connectivity index is 3.67. The van der Waals surface area contributed by atoms with Crippen LogP contribution in [0.3, 0.4) is 0 Å². The standard InChI is InChI=1S/C6H15O2PS/c1-6(2,3)4-5-9(7,8)10/h4-5H2,1-3H3,(H2,7,8,10). The lowest BCUT2D eigenvalue weighted by molar-refractivity contribution is 0.385. The van der Waals surface area contributed by atoms with Crippen LogP contribution in [0.1, 0.15) is 27.2 Å². The molecule has 62 valence electrons. The molecule has 0 unspecified atom stereocenters. The molecule has 4 heteroatoms. The average Bonchev–Trinajstić information content (AvgIpc) is 1.57. The minimum absolute atomic E-state index is 0.148. The predicted molar refractivity (Wildman–Crippen MR) is 47.7 cm³/mol. The molecule has 0 spiro atoms. The van der Waals surface area contributed by atoms with Crippen LogP contribution in [0, 0.1) is 5.41 Å². The number of hydrogen-bond acceptors (Lipinski definition) is 1. The highest BCUT2D eigenvalue weighted by atomic mass is 32.5. The average molecular weight is 182 g/mol. The van der Waals surface area contributed by atoms with Gasteiger partial charge in [0.1, 0.15) is 0 Å². The van der Waals surface area contributed by atoms with Gasteiger partial charge < -0.3 is 9.79 Å². The van der Waals surface area contributed by atoms with E-state index in [4.69, 9.17) is 9.79 Å². The summed E-state index contributed by atoms with van der Waals surface area (Å²) < 4.78 is 0. The molecule has 0 aliphatic rings. The second kappa shape index (κ2) is 3.31. The first-order valence-corrected chi connectivity index (χ1v) is 6.15. The zero-order chi connectivity index (χ0) is 8.41. The summed E-state index contributed by atoms with van der Waals surface area (Å²) in [6.07, 6.45) is 1.14. The minimum Gasteiger partial charge on any atom is -0.345 e. The van der Waals surface area contributed by atoms with E-state index in [1.165, 1.54) is 0 Å². The van der Waals surface area contributed by atoms with Crippen LogP contribution in [-0.4, -0.2) is 15.9 Å². The molecular formula is C6H15O2PS. The van der Waals surface area contributed by atoms with Gasteiger partial charge in [0.2, 0.25) is 0 Å². The summed E-state index contributed by atoms with van der Waals surface area (Å²) in [7, 11) is 0. The van der Waals surface area contributed by atoms with E-state index in [0.29, 0.717) is 6.16 Å². The quantitative estimate of drug-likeness (QED) is 0.639. The molecule has 10 heavy (non-hydrogen) atoms. The van der Waals surface area contributed by atoms with Crippen LogP contribution in [0.5, 0.6) is 0 Å². The van der Waals surface area contributed by atoms with Gasteiger partial charge >= 0.3 is 0 Å². The van der Waals surface area contributed by atoms with Crippen LogP contribution in [-0.2, 0) is 11.8 Å². The SMILES string of the molecule is CC(C)(C)CCP(O)(O)=S. The molecule has 0 aromatic heterocycles. The first-order valence-electron chi connectivity index (χ1n) is 3.25. The molecule has 0 rings (SSSR count). The zero-order valence-corrected chi connectivity index (χ0v) is 8.38. The fraction of sp³-hybridized carbons (Fsp3) is 1.00. The topological polar surface area (TPSA) is 40.5 Å². The van der Waals surface area contributed by atoms with E-state index < -0.39 is 6.49 Å². The molecule has 0 saturated carbocycles. The lowest BCUT2D eigenvalue weighted by Crippen LogP contribution is -2.07. The van der Waals surface area contributed by atoms with Gasteiger partial charge in [-0.15, -0.1) is 0 Å². The van der Waals surface area contributed by atoms with Gasteiger partial charge in [0.15, 0.2) is 6.49 Å². The highest BCUT2D eigenvalue weighted by Crippen LogP contribution is 2.38. The van der Waals surface area contributed by atoms with Crippen molar-refractivity contribution in [1.29, 1.82) is 0 Å². The Hall–Kier alpha value is 0.570. The zero-order valence-electron chi connectivity index (χ0n) is 6.66. The molecule has 2 N–H and O–H groups in total. The van der Waals surface area contributed by atoms with Gasteiger partial charge in [-0.1, -0.05) is 20.8 Å². The molecule has 0 aromatic rings. The van der Waals surface area contributed by atoms with E-state index in [1.54, 1.807) is 0 Å². The second-order valence-corrected chi connectivity index (χ2v) is 7.23. The van der Waals surface area contributed by atoms with Crippen LogP contribution < -0.4 is 0 Å². The molecule has 0 aliphatic carbocycles. The smallest absolute Gasteiger partial charge is 0.183 e. The molecule has 0 amide bonds. The Morgan fingerprint density at radius 2 is 1.70 bits per heavy atom. The monoisotopic (exact) mass is 182 g/mol. The number of hydrogen-bond donors (Lipinski definition) is 2. The van der Waals surface area contributed by atoms with Crippen molar-refractivity contribution < 1.29 is 9.79 Å². The Morgan fingerprint density at radius 1 is 1.30 bits per heavy atom. The molecule has 2 nitrogen and oxygen atoms in total. The highest BCUT2D eigenvalue weighted by Gasteiger charge is 2.15. The molecule has 0 radical (unpaired) electrons. The summed E-state index contributed by atoms with van der Waals surface area (Å²) in [6, 6.07) is 0. The Labute approximate surface area is 67.4 Å². The maximum Gasteiger partial charge on any atom is 0.183 e. The van der Waals surface area contributed by atoms with Crippen molar-refractivity contribution in [3.63, 3.8) is 0 Å². The van der Waals surface area contributed by atoms with Gasteiger partial charge in [-0.3, -0.25) is 0 Å². The summed E-state index contributed by atoms with van der Waals surface area (Å²) in [4.78, 5) is 17.7. The molecular weight excluding hydrogens is 167 g/mol. The van der Waals surface area contributed by atoms with Crippen molar-refractivity contribution in [2.24, 2.45) is 5.41 Å². The first-order chi connectivity index (χ1) is 4.21. The Bertz CT molecular complexity index is 144. The maximum absolute atomic E-state index is 8.86. The molecule has 0 bridgehead atoms. The van der Waals surface area contributed by atoms with Crippen molar-refractivity contribution in [3.8, 4) is 0 Å². The summed E-state index contributed by atoms with van der Waals surface area (Å²) in [5.41, 5.74) is 0.148. The van der Waals surface area contributed by atoms with Gasteiger partial charge in [0.25, 0.3) is 0 Å². The summed E-state index contributed by atoms with van der Waals surface area (Å²) in [5.74, 6) is 0. The third-order valence-corrected chi connectivity index (χ3v) is 2.51. The predicted octanol–water partition coefficient (Wildman–Crippen LogP) is 1.72. The maximum atomic E-state index is 8.86. The molecule has 0 heterocycles. The third-order valence-electron chi connectivity index (χ3n) is 1.15.